The van der Waals surface area contributed by atoms with Gasteiger partial charge in [0, 0.05) is 19.8 Å². The Hall–Kier alpha value is -2.11. The molecule has 1 aromatic rings. The SMILES string of the molecule is COc1ccc(NC(=O)CC#N)cc1S(=O)(=O)N(C)C. The van der Waals surface area contributed by atoms with E-state index in [0.717, 1.165) is 4.31 Å². The number of sulfonamides is 1. The number of hydrogen-bond donors (Lipinski definition) is 1. The van der Waals surface area contributed by atoms with Crippen molar-refractivity contribution >= 4 is 21.6 Å². The van der Waals surface area contributed by atoms with Gasteiger partial charge in [0.1, 0.15) is 17.1 Å². The van der Waals surface area contributed by atoms with E-state index in [-0.39, 0.29) is 22.8 Å². The van der Waals surface area contributed by atoms with Gasteiger partial charge in [-0.2, -0.15) is 5.26 Å². The minimum Gasteiger partial charge on any atom is -0.495 e. The van der Waals surface area contributed by atoms with Crippen molar-refractivity contribution < 1.29 is 17.9 Å². The predicted molar refractivity (Wildman–Crippen MR) is 72.7 cm³/mol. The van der Waals surface area contributed by atoms with Crippen LogP contribution in [0.3, 0.4) is 0 Å². The van der Waals surface area contributed by atoms with Gasteiger partial charge < -0.3 is 10.1 Å². The van der Waals surface area contributed by atoms with Crippen LogP contribution in [-0.4, -0.2) is 39.8 Å². The third kappa shape index (κ3) is 3.46. The monoisotopic (exact) mass is 297 g/mol. The molecule has 8 heteroatoms. The smallest absolute Gasteiger partial charge is 0.246 e. The predicted octanol–water partition coefficient (Wildman–Crippen LogP) is 0.798. The molecule has 1 amide bonds. The van der Waals surface area contributed by atoms with Crippen molar-refractivity contribution in [3.05, 3.63) is 18.2 Å². The number of carbonyl (C=O) groups excluding carboxylic acids is 1. The molecule has 108 valence electrons. The normalized spacial score (nSPS) is 10.9. The first-order chi connectivity index (χ1) is 9.32. The highest BCUT2D eigenvalue weighted by atomic mass is 32.2. The number of ether oxygens (including phenoxy) is 1. The van der Waals surface area contributed by atoms with Gasteiger partial charge in [0.15, 0.2) is 0 Å². The standard InChI is InChI=1S/C12H15N3O4S/c1-15(2)20(17,18)11-8-9(4-5-10(11)19-3)14-12(16)6-7-13/h4-5,8H,6H2,1-3H3,(H,14,16). The quantitative estimate of drug-likeness (QED) is 0.866. The summed E-state index contributed by atoms with van der Waals surface area (Å²) in [5.74, 6) is -0.331. The van der Waals surface area contributed by atoms with Gasteiger partial charge in [-0.05, 0) is 18.2 Å². The number of rotatable bonds is 5. The average Bonchev–Trinajstić information content (AvgIpc) is 2.38. The van der Waals surface area contributed by atoms with Gasteiger partial charge in [-0.3, -0.25) is 4.79 Å². The Kier molecular flexibility index (Phi) is 5.07. The number of nitriles is 1. The van der Waals surface area contributed by atoms with Crippen LogP contribution in [0.2, 0.25) is 0 Å². The number of amides is 1. The summed E-state index contributed by atoms with van der Waals surface area (Å²) in [4.78, 5) is 11.3. The Bertz CT molecular complexity index is 647. The van der Waals surface area contributed by atoms with Crippen LogP contribution in [0.5, 0.6) is 5.75 Å². The maximum atomic E-state index is 12.2. The van der Waals surface area contributed by atoms with Crippen molar-refractivity contribution in [3.8, 4) is 11.8 Å². The van der Waals surface area contributed by atoms with E-state index in [2.05, 4.69) is 5.32 Å². The van der Waals surface area contributed by atoms with E-state index < -0.39 is 15.9 Å². The minimum atomic E-state index is -3.70. The second-order valence-corrected chi connectivity index (χ2v) is 6.16. The van der Waals surface area contributed by atoms with Crippen LogP contribution in [0.1, 0.15) is 6.42 Å². The highest BCUT2D eigenvalue weighted by Gasteiger charge is 2.22. The van der Waals surface area contributed by atoms with Gasteiger partial charge in [-0.15, -0.1) is 0 Å². The van der Waals surface area contributed by atoms with Crippen molar-refractivity contribution in [2.45, 2.75) is 11.3 Å². The molecule has 0 atom stereocenters. The van der Waals surface area contributed by atoms with Crippen molar-refractivity contribution in [2.75, 3.05) is 26.5 Å². The highest BCUT2D eigenvalue weighted by molar-refractivity contribution is 7.89. The maximum absolute atomic E-state index is 12.2. The molecule has 20 heavy (non-hydrogen) atoms. The van der Waals surface area contributed by atoms with E-state index in [9.17, 15) is 13.2 Å². The summed E-state index contributed by atoms with van der Waals surface area (Å²) in [6, 6.07) is 5.95. The Labute approximate surface area is 117 Å². The summed E-state index contributed by atoms with van der Waals surface area (Å²) in [6.07, 6.45) is -0.304. The average molecular weight is 297 g/mol. The van der Waals surface area contributed by atoms with Crippen LogP contribution >= 0.6 is 0 Å². The molecule has 0 aromatic heterocycles. The zero-order valence-corrected chi connectivity index (χ0v) is 12.2. The third-order valence-electron chi connectivity index (χ3n) is 2.45. The second-order valence-electron chi connectivity index (χ2n) is 4.04. The Morgan fingerprint density at radius 2 is 2.10 bits per heavy atom. The van der Waals surface area contributed by atoms with Gasteiger partial charge >= 0.3 is 0 Å². The Balaban J connectivity index is 3.23. The zero-order chi connectivity index (χ0) is 15.3. The van der Waals surface area contributed by atoms with Crippen LogP contribution < -0.4 is 10.1 Å². The van der Waals surface area contributed by atoms with E-state index >= 15 is 0 Å². The van der Waals surface area contributed by atoms with Crippen molar-refractivity contribution in [1.82, 2.24) is 4.31 Å². The molecule has 0 bridgehead atoms. The molecule has 0 saturated carbocycles. The first-order valence-electron chi connectivity index (χ1n) is 5.60. The van der Waals surface area contributed by atoms with Gasteiger partial charge in [-0.25, -0.2) is 12.7 Å². The molecule has 0 spiro atoms. The number of nitrogens with one attached hydrogen (secondary N) is 1. The van der Waals surface area contributed by atoms with Crippen LogP contribution in [0, 0.1) is 11.3 Å². The third-order valence-corrected chi connectivity index (χ3v) is 4.28. The fourth-order valence-electron chi connectivity index (χ4n) is 1.43. The van der Waals surface area contributed by atoms with E-state index in [1.807, 2.05) is 0 Å². The molecule has 1 aromatic carbocycles. The van der Waals surface area contributed by atoms with Crippen LogP contribution in [-0.2, 0) is 14.8 Å². The van der Waals surface area contributed by atoms with E-state index in [1.165, 1.54) is 39.4 Å². The largest absolute Gasteiger partial charge is 0.495 e. The summed E-state index contributed by atoms with van der Waals surface area (Å²) in [6.45, 7) is 0. The molecule has 0 aliphatic rings. The lowest BCUT2D eigenvalue weighted by atomic mass is 10.3. The number of hydrogen-bond acceptors (Lipinski definition) is 5. The lowest BCUT2D eigenvalue weighted by Crippen LogP contribution is -2.23. The lowest BCUT2D eigenvalue weighted by Gasteiger charge is -2.15. The fourth-order valence-corrected chi connectivity index (χ4v) is 2.50. The molecule has 1 rings (SSSR count). The van der Waals surface area contributed by atoms with Crippen molar-refractivity contribution in [2.24, 2.45) is 0 Å². The highest BCUT2D eigenvalue weighted by Crippen LogP contribution is 2.28. The van der Waals surface area contributed by atoms with Gasteiger partial charge in [0.25, 0.3) is 0 Å². The molecule has 0 heterocycles. The topological polar surface area (TPSA) is 99.5 Å². The number of carbonyl (C=O) groups is 1. The summed E-state index contributed by atoms with van der Waals surface area (Å²) in [5.41, 5.74) is 0.284. The van der Waals surface area contributed by atoms with Crippen LogP contribution in [0.25, 0.3) is 0 Å². The molecule has 0 radical (unpaired) electrons. The Morgan fingerprint density at radius 1 is 1.45 bits per heavy atom. The molecule has 0 aliphatic carbocycles. The molecule has 1 N–H and O–H groups in total. The summed E-state index contributed by atoms with van der Waals surface area (Å²) >= 11 is 0. The minimum absolute atomic E-state index is 0.0558. The molecule has 0 unspecified atom stereocenters. The van der Waals surface area contributed by atoms with Crippen LogP contribution in [0.15, 0.2) is 23.1 Å². The molecule has 0 saturated heterocycles. The maximum Gasteiger partial charge on any atom is 0.246 e. The molecular weight excluding hydrogens is 282 g/mol. The van der Waals surface area contributed by atoms with Crippen molar-refractivity contribution in [3.63, 3.8) is 0 Å². The fraction of sp³-hybridized carbons (Fsp3) is 0.333. The second kappa shape index (κ2) is 6.36. The molecule has 0 aliphatic heterocycles. The van der Waals surface area contributed by atoms with E-state index in [0.29, 0.717) is 0 Å². The van der Waals surface area contributed by atoms with Gasteiger partial charge in [0.2, 0.25) is 15.9 Å². The van der Waals surface area contributed by atoms with Gasteiger partial charge in [0.05, 0.1) is 13.2 Å². The first-order valence-corrected chi connectivity index (χ1v) is 7.04. The molecular formula is C12H15N3O4S. The van der Waals surface area contributed by atoms with Crippen molar-refractivity contribution in [1.29, 1.82) is 5.26 Å². The lowest BCUT2D eigenvalue weighted by molar-refractivity contribution is -0.115. The number of benzene rings is 1. The zero-order valence-electron chi connectivity index (χ0n) is 11.4. The molecule has 0 fully saturated rings. The first kappa shape index (κ1) is 15.9. The number of methoxy groups -OCH3 is 1. The van der Waals surface area contributed by atoms with Gasteiger partial charge in [-0.1, -0.05) is 0 Å². The summed E-state index contributed by atoms with van der Waals surface area (Å²) in [7, 11) is 0.458. The summed E-state index contributed by atoms with van der Waals surface area (Å²) < 4.78 is 30.4. The number of nitrogens with zero attached hydrogens (tertiary/aromatic N) is 2. The Morgan fingerprint density at radius 3 is 2.60 bits per heavy atom. The van der Waals surface area contributed by atoms with E-state index in [4.69, 9.17) is 10.00 Å². The van der Waals surface area contributed by atoms with Crippen LogP contribution in [0.4, 0.5) is 5.69 Å². The molecule has 7 nitrogen and oxygen atoms in total. The van der Waals surface area contributed by atoms with E-state index in [1.54, 1.807) is 6.07 Å². The summed E-state index contributed by atoms with van der Waals surface area (Å²) in [5, 5.41) is 10.9. The number of anilines is 1.